The van der Waals surface area contributed by atoms with Crippen LogP contribution in [0.4, 0.5) is 0 Å². The topological polar surface area (TPSA) is 55.4 Å². The minimum atomic E-state index is -0.542. The number of hydrogen-bond donors (Lipinski definition) is 1. The first-order valence-electron chi connectivity index (χ1n) is 5.37. The third-order valence-corrected chi connectivity index (χ3v) is 2.03. The highest BCUT2D eigenvalue weighted by atomic mass is 16.5. The average molecular weight is 215 g/mol. The molecule has 4 heteroatoms. The van der Waals surface area contributed by atoms with Crippen LogP contribution in [0.25, 0.3) is 0 Å². The fraction of sp³-hybridized carbons (Fsp3) is 0.818. The van der Waals surface area contributed by atoms with E-state index in [4.69, 9.17) is 4.74 Å². The lowest BCUT2D eigenvalue weighted by Gasteiger charge is -2.21. The van der Waals surface area contributed by atoms with Gasteiger partial charge in [0.25, 0.3) is 0 Å². The van der Waals surface area contributed by atoms with Gasteiger partial charge in [-0.3, -0.25) is 4.79 Å². The Morgan fingerprint density at radius 3 is 2.07 bits per heavy atom. The van der Waals surface area contributed by atoms with E-state index in [2.05, 4.69) is 5.32 Å². The first-order chi connectivity index (χ1) is 6.90. The first-order valence-corrected chi connectivity index (χ1v) is 5.37. The number of nitrogens with one attached hydrogen (secondary N) is 1. The molecule has 1 atom stereocenters. The van der Waals surface area contributed by atoms with Crippen LogP contribution >= 0.6 is 0 Å². The summed E-state index contributed by atoms with van der Waals surface area (Å²) >= 11 is 0. The van der Waals surface area contributed by atoms with Gasteiger partial charge in [-0.25, -0.2) is 4.79 Å². The van der Waals surface area contributed by atoms with Gasteiger partial charge in [-0.1, -0.05) is 27.7 Å². The third kappa shape index (κ3) is 4.81. The molecule has 0 aromatic carbocycles. The molecule has 0 bridgehead atoms. The lowest BCUT2D eigenvalue weighted by molar-refractivity contribution is -0.149. The maximum Gasteiger partial charge on any atom is 0.328 e. The van der Waals surface area contributed by atoms with Crippen molar-refractivity contribution in [3.8, 4) is 0 Å². The van der Waals surface area contributed by atoms with E-state index in [-0.39, 0.29) is 23.7 Å². The Kier molecular flexibility index (Phi) is 5.97. The third-order valence-electron chi connectivity index (χ3n) is 2.03. The molecule has 1 amide bonds. The summed E-state index contributed by atoms with van der Waals surface area (Å²) in [6, 6.07) is -0.542. The maximum atomic E-state index is 11.5. The Bertz CT molecular complexity index is 224. The second-order valence-electron chi connectivity index (χ2n) is 4.14. The molecule has 0 aliphatic carbocycles. The summed E-state index contributed by atoms with van der Waals surface area (Å²) in [4.78, 5) is 23.0. The van der Waals surface area contributed by atoms with Crippen molar-refractivity contribution in [2.24, 2.45) is 11.8 Å². The number of esters is 1. The van der Waals surface area contributed by atoms with Crippen LogP contribution in [0, 0.1) is 11.8 Å². The molecule has 0 aromatic heterocycles. The minimum Gasteiger partial charge on any atom is -0.464 e. The number of hydrogen-bond acceptors (Lipinski definition) is 3. The van der Waals surface area contributed by atoms with Gasteiger partial charge in [-0.2, -0.15) is 0 Å². The van der Waals surface area contributed by atoms with Crippen molar-refractivity contribution in [3.05, 3.63) is 0 Å². The van der Waals surface area contributed by atoms with Crippen molar-refractivity contribution in [2.75, 3.05) is 6.61 Å². The van der Waals surface area contributed by atoms with Gasteiger partial charge in [0, 0.05) is 5.92 Å². The molecular weight excluding hydrogens is 194 g/mol. The van der Waals surface area contributed by atoms with E-state index in [0.717, 1.165) is 0 Å². The lowest BCUT2D eigenvalue weighted by Crippen LogP contribution is -2.46. The van der Waals surface area contributed by atoms with Crippen LogP contribution in [0.5, 0.6) is 0 Å². The molecule has 1 N–H and O–H groups in total. The Labute approximate surface area is 91.4 Å². The summed E-state index contributed by atoms with van der Waals surface area (Å²) in [5.74, 6) is -0.573. The van der Waals surface area contributed by atoms with Gasteiger partial charge in [-0.05, 0) is 12.8 Å². The van der Waals surface area contributed by atoms with Gasteiger partial charge >= 0.3 is 5.97 Å². The van der Waals surface area contributed by atoms with Crippen molar-refractivity contribution in [1.29, 1.82) is 0 Å². The molecule has 0 spiro atoms. The second kappa shape index (κ2) is 6.43. The van der Waals surface area contributed by atoms with Gasteiger partial charge in [0.2, 0.25) is 5.91 Å². The van der Waals surface area contributed by atoms with Crippen molar-refractivity contribution in [3.63, 3.8) is 0 Å². The van der Waals surface area contributed by atoms with Crippen LogP contribution in [0.3, 0.4) is 0 Å². The zero-order chi connectivity index (χ0) is 12.0. The zero-order valence-electron chi connectivity index (χ0n) is 10.2. The number of ether oxygens (including phenoxy) is 1. The van der Waals surface area contributed by atoms with E-state index < -0.39 is 6.04 Å². The summed E-state index contributed by atoms with van der Waals surface area (Å²) in [6.45, 7) is 9.42. The van der Waals surface area contributed by atoms with Crippen molar-refractivity contribution in [1.82, 2.24) is 5.32 Å². The SMILES string of the molecule is CCOC(=O)C(NC(=O)C(C)C)C(C)C. The van der Waals surface area contributed by atoms with E-state index in [0.29, 0.717) is 6.61 Å². The van der Waals surface area contributed by atoms with Gasteiger partial charge in [0.05, 0.1) is 6.61 Å². The van der Waals surface area contributed by atoms with E-state index >= 15 is 0 Å². The summed E-state index contributed by atoms with van der Waals surface area (Å²) in [6.07, 6.45) is 0. The standard InChI is InChI=1S/C11H21NO3/c1-6-15-11(14)9(7(2)3)12-10(13)8(4)5/h7-9H,6H2,1-5H3,(H,12,13). The van der Waals surface area contributed by atoms with E-state index in [9.17, 15) is 9.59 Å². The molecule has 0 fully saturated rings. The van der Waals surface area contributed by atoms with Crippen molar-refractivity contribution >= 4 is 11.9 Å². The Balaban J connectivity index is 4.41. The number of carbonyl (C=O) groups is 2. The van der Waals surface area contributed by atoms with Crippen molar-refractivity contribution in [2.45, 2.75) is 40.7 Å². The Morgan fingerprint density at radius 2 is 1.73 bits per heavy atom. The molecule has 0 saturated heterocycles. The predicted molar refractivity (Wildman–Crippen MR) is 58.2 cm³/mol. The molecule has 0 aromatic rings. The van der Waals surface area contributed by atoms with Crippen LogP contribution in [-0.4, -0.2) is 24.5 Å². The maximum absolute atomic E-state index is 11.5. The van der Waals surface area contributed by atoms with Gasteiger partial charge in [0.1, 0.15) is 6.04 Å². The number of amides is 1. The summed E-state index contributed by atoms with van der Waals surface area (Å²) in [7, 11) is 0. The number of carbonyl (C=O) groups excluding carboxylic acids is 2. The molecule has 4 nitrogen and oxygen atoms in total. The molecule has 0 aliphatic heterocycles. The van der Waals surface area contributed by atoms with Gasteiger partial charge < -0.3 is 10.1 Å². The number of rotatable bonds is 5. The molecule has 0 rings (SSSR count). The van der Waals surface area contributed by atoms with Gasteiger partial charge in [0.15, 0.2) is 0 Å². The summed E-state index contributed by atoms with van der Waals surface area (Å²) in [5.41, 5.74) is 0. The molecule has 0 radical (unpaired) electrons. The molecule has 0 aliphatic rings. The summed E-state index contributed by atoms with van der Waals surface area (Å²) in [5, 5.41) is 2.69. The van der Waals surface area contributed by atoms with E-state index in [1.807, 2.05) is 13.8 Å². The highest BCUT2D eigenvalue weighted by molar-refractivity contribution is 5.85. The second-order valence-corrected chi connectivity index (χ2v) is 4.14. The molecule has 0 saturated carbocycles. The highest BCUT2D eigenvalue weighted by Gasteiger charge is 2.25. The lowest BCUT2D eigenvalue weighted by atomic mass is 10.0. The highest BCUT2D eigenvalue weighted by Crippen LogP contribution is 2.05. The smallest absolute Gasteiger partial charge is 0.328 e. The van der Waals surface area contributed by atoms with Gasteiger partial charge in [-0.15, -0.1) is 0 Å². The van der Waals surface area contributed by atoms with Crippen molar-refractivity contribution < 1.29 is 14.3 Å². The predicted octanol–water partition coefficient (Wildman–Crippen LogP) is 1.35. The van der Waals surface area contributed by atoms with Crippen LogP contribution in [0.15, 0.2) is 0 Å². The molecule has 15 heavy (non-hydrogen) atoms. The first kappa shape index (κ1) is 13.9. The molecule has 0 heterocycles. The van der Waals surface area contributed by atoms with Crippen LogP contribution in [0.2, 0.25) is 0 Å². The molecular formula is C11H21NO3. The Hall–Kier alpha value is -1.06. The monoisotopic (exact) mass is 215 g/mol. The Morgan fingerprint density at radius 1 is 1.20 bits per heavy atom. The van der Waals surface area contributed by atoms with Crippen LogP contribution < -0.4 is 5.32 Å². The average Bonchev–Trinajstić information content (AvgIpc) is 2.13. The van der Waals surface area contributed by atoms with E-state index in [1.165, 1.54) is 0 Å². The molecule has 1 unspecified atom stereocenters. The zero-order valence-corrected chi connectivity index (χ0v) is 10.2. The quantitative estimate of drug-likeness (QED) is 0.704. The van der Waals surface area contributed by atoms with E-state index in [1.54, 1.807) is 20.8 Å². The fourth-order valence-electron chi connectivity index (χ4n) is 1.05. The van der Waals surface area contributed by atoms with Crippen LogP contribution in [-0.2, 0) is 14.3 Å². The fourth-order valence-corrected chi connectivity index (χ4v) is 1.05. The molecule has 88 valence electrons. The normalized spacial score (nSPS) is 12.7. The summed E-state index contributed by atoms with van der Waals surface area (Å²) < 4.78 is 4.89. The largest absolute Gasteiger partial charge is 0.464 e. The minimum absolute atomic E-state index is 0.0340. The van der Waals surface area contributed by atoms with Crippen LogP contribution in [0.1, 0.15) is 34.6 Å².